The first kappa shape index (κ1) is 16.1. The van der Waals surface area contributed by atoms with E-state index in [0.717, 1.165) is 0 Å². The second kappa shape index (κ2) is 6.69. The van der Waals surface area contributed by atoms with Gasteiger partial charge < -0.3 is 16.6 Å². The van der Waals surface area contributed by atoms with E-state index < -0.39 is 23.5 Å². The van der Waals surface area contributed by atoms with Crippen LogP contribution in [-0.4, -0.2) is 32.8 Å². The SMILES string of the molecule is NC(N)=Nc1ncc(Cl)c2ccc(S(=O)NCC(=O)O)cc12. The number of rotatable bonds is 5. The van der Waals surface area contributed by atoms with E-state index in [1.807, 2.05) is 0 Å². The number of aliphatic carboxylic acids is 1. The number of aromatic nitrogens is 1. The summed E-state index contributed by atoms with van der Waals surface area (Å²) in [5, 5.41) is 10.1. The zero-order valence-electron chi connectivity index (χ0n) is 11.1. The first-order valence-electron chi connectivity index (χ1n) is 5.93. The number of carboxylic acid groups (broad SMARTS) is 1. The Hall–Kier alpha value is -2.23. The third-order valence-corrected chi connectivity index (χ3v) is 3.98. The van der Waals surface area contributed by atoms with Gasteiger partial charge in [0.2, 0.25) is 0 Å². The quantitative estimate of drug-likeness (QED) is 0.460. The zero-order valence-corrected chi connectivity index (χ0v) is 12.7. The number of pyridine rings is 1. The molecule has 1 heterocycles. The molecule has 22 heavy (non-hydrogen) atoms. The van der Waals surface area contributed by atoms with Crippen LogP contribution in [0.4, 0.5) is 5.82 Å². The first-order chi connectivity index (χ1) is 10.4. The molecule has 8 nitrogen and oxygen atoms in total. The second-order valence-electron chi connectivity index (χ2n) is 4.16. The van der Waals surface area contributed by atoms with Crippen molar-refractivity contribution in [3.8, 4) is 0 Å². The van der Waals surface area contributed by atoms with Gasteiger partial charge in [-0.2, -0.15) is 4.99 Å². The molecule has 1 aromatic carbocycles. The summed E-state index contributed by atoms with van der Waals surface area (Å²) in [7, 11) is -1.70. The van der Waals surface area contributed by atoms with Crippen LogP contribution in [0.15, 0.2) is 34.3 Å². The normalized spacial score (nSPS) is 12.0. The predicted molar refractivity (Wildman–Crippen MR) is 84.3 cm³/mol. The van der Waals surface area contributed by atoms with Crippen molar-refractivity contribution < 1.29 is 14.1 Å². The summed E-state index contributed by atoms with van der Waals surface area (Å²) >= 11 is 6.06. The summed E-state index contributed by atoms with van der Waals surface area (Å²) in [6.07, 6.45) is 1.41. The van der Waals surface area contributed by atoms with Gasteiger partial charge in [0.05, 0.1) is 9.92 Å². The minimum Gasteiger partial charge on any atom is -0.480 e. The van der Waals surface area contributed by atoms with E-state index >= 15 is 0 Å². The van der Waals surface area contributed by atoms with Crippen molar-refractivity contribution in [2.75, 3.05) is 6.54 Å². The maximum absolute atomic E-state index is 12.0. The Morgan fingerprint density at radius 2 is 2.14 bits per heavy atom. The van der Waals surface area contributed by atoms with Crippen LogP contribution >= 0.6 is 11.6 Å². The Morgan fingerprint density at radius 3 is 2.77 bits per heavy atom. The Morgan fingerprint density at radius 1 is 1.41 bits per heavy atom. The van der Waals surface area contributed by atoms with Gasteiger partial charge in [-0.15, -0.1) is 0 Å². The summed E-state index contributed by atoms with van der Waals surface area (Å²) in [6, 6.07) is 4.75. The number of carbonyl (C=O) groups is 1. The molecular formula is C12H12ClN5O3S. The number of carboxylic acids is 1. The lowest BCUT2D eigenvalue weighted by Gasteiger charge is -2.07. The average molecular weight is 342 g/mol. The van der Waals surface area contributed by atoms with Crippen molar-refractivity contribution in [1.29, 1.82) is 0 Å². The smallest absolute Gasteiger partial charge is 0.318 e. The molecule has 0 spiro atoms. The standard InChI is InChI=1S/C12H12ClN5O3S/c13-9-4-16-11(18-12(14)15)8-3-6(1-2-7(8)9)22(21)17-5-10(19)20/h1-4,17H,5H2,(H,19,20)(H4,14,15,16,18). The molecule has 6 N–H and O–H groups in total. The number of halogens is 1. The molecule has 2 aromatic rings. The molecule has 1 unspecified atom stereocenters. The number of hydrogen-bond acceptors (Lipinski definition) is 4. The molecule has 0 radical (unpaired) electrons. The summed E-state index contributed by atoms with van der Waals surface area (Å²) in [4.78, 5) is 18.8. The van der Waals surface area contributed by atoms with Crippen molar-refractivity contribution >= 4 is 51.1 Å². The average Bonchev–Trinajstić information content (AvgIpc) is 2.47. The molecule has 116 valence electrons. The third kappa shape index (κ3) is 3.70. The van der Waals surface area contributed by atoms with E-state index in [9.17, 15) is 9.00 Å². The Labute approximate surface area is 132 Å². The highest BCUT2D eigenvalue weighted by atomic mass is 35.5. The highest BCUT2D eigenvalue weighted by Crippen LogP contribution is 2.30. The molecule has 10 heteroatoms. The lowest BCUT2D eigenvalue weighted by Crippen LogP contribution is -2.24. The monoisotopic (exact) mass is 341 g/mol. The van der Waals surface area contributed by atoms with Crippen LogP contribution in [0.3, 0.4) is 0 Å². The van der Waals surface area contributed by atoms with E-state index in [1.165, 1.54) is 6.20 Å². The van der Waals surface area contributed by atoms with E-state index in [4.69, 9.17) is 28.2 Å². The number of aliphatic imine (C=N–C) groups is 1. The summed E-state index contributed by atoms with van der Waals surface area (Å²) in [6.45, 7) is -0.431. The van der Waals surface area contributed by atoms with Gasteiger partial charge in [0.1, 0.15) is 17.5 Å². The molecule has 0 bridgehead atoms. The molecular weight excluding hydrogens is 330 g/mol. The Bertz CT molecular complexity index is 792. The van der Waals surface area contributed by atoms with Crippen LogP contribution < -0.4 is 16.2 Å². The molecule has 0 saturated heterocycles. The van der Waals surface area contributed by atoms with Gasteiger partial charge in [0, 0.05) is 17.0 Å². The number of benzene rings is 1. The van der Waals surface area contributed by atoms with Crippen molar-refractivity contribution in [1.82, 2.24) is 9.71 Å². The van der Waals surface area contributed by atoms with Crippen molar-refractivity contribution in [3.05, 3.63) is 29.4 Å². The van der Waals surface area contributed by atoms with Crippen molar-refractivity contribution in [2.45, 2.75) is 4.90 Å². The molecule has 0 aliphatic rings. The number of nitrogens with zero attached hydrogens (tertiary/aromatic N) is 2. The third-order valence-electron chi connectivity index (χ3n) is 2.59. The second-order valence-corrected chi connectivity index (χ2v) is 5.86. The van der Waals surface area contributed by atoms with Crippen LogP contribution in [-0.2, 0) is 15.8 Å². The van der Waals surface area contributed by atoms with Gasteiger partial charge >= 0.3 is 5.97 Å². The van der Waals surface area contributed by atoms with E-state index in [0.29, 0.717) is 20.7 Å². The fraction of sp³-hybridized carbons (Fsp3) is 0.0833. The van der Waals surface area contributed by atoms with Crippen LogP contribution in [0.1, 0.15) is 0 Å². The molecule has 0 fully saturated rings. The Kier molecular flexibility index (Phi) is 4.91. The molecule has 0 amide bonds. The number of nitrogens with two attached hydrogens (primary N) is 2. The maximum atomic E-state index is 12.0. The van der Waals surface area contributed by atoms with Gasteiger partial charge in [-0.3, -0.25) is 4.79 Å². The lowest BCUT2D eigenvalue weighted by molar-refractivity contribution is -0.135. The van der Waals surface area contributed by atoms with Crippen molar-refractivity contribution in [2.24, 2.45) is 16.5 Å². The molecule has 0 saturated carbocycles. The van der Waals surface area contributed by atoms with Crippen LogP contribution in [0, 0.1) is 0 Å². The van der Waals surface area contributed by atoms with Gasteiger partial charge in [0.25, 0.3) is 0 Å². The largest absolute Gasteiger partial charge is 0.480 e. The summed E-state index contributed by atoms with van der Waals surface area (Å²) in [5.74, 6) is -1.05. The van der Waals surface area contributed by atoms with E-state index in [-0.39, 0.29) is 11.8 Å². The fourth-order valence-electron chi connectivity index (χ4n) is 1.71. The summed E-state index contributed by atoms with van der Waals surface area (Å²) in [5.41, 5.74) is 10.7. The Balaban J connectivity index is 2.50. The predicted octanol–water partition coefficient (Wildman–Crippen LogP) is 0.490. The number of fused-ring (bicyclic) bond motifs is 1. The van der Waals surface area contributed by atoms with Gasteiger partial charge in [-0.05, 0) is 12.1 Å². The minimum absolute atomic E-state index is 0.174. The molecule has 1 atom stereocenters. The maximum Gasteiger partial charge on any atom is 0.318 e. The van der Waals surface area contributed by atoms with Crippen LogP contribution in [0.5, 0.6) is 0 Å². The van der Waals surface area contributed by atoms with Gasteiger partial charge in [-0.25, -0.2) is 13.9 Å². The summed E-state index contributed by atoms with van der Waals surface area (Å²) < 4.78 is 14.4. The van der Waals surface area contributed by atoms with Crippen LogP contribution in [0.2, 0.25) is 5.02 Å². The van der Waals surface area contributed by atoms with Crippen molar-refractivity contribution in [3.63, 3.8) is 0 Å². The molecule has 0 aliphatic carbocycles. The highest BCUT2D eigenvalue weighted by Gasteiger charge is 2.11. The van der Waals surface area contributed by atoms with Crippen LogP contribution in [0.25, 0.3) is 10.8 Å². The van der Waals surface area contributed by atoms with Gasteiger partial charge in [0.15, 0.2) is 11.8 Å². The first-order valence-corrected chi connectivity index (χ1v) is 7.46. The highest BCUT2D eigenvalue weighted by molar-refractivity contribution is 7.83. The number of nitrogens with one attached hydrogen (secondary N) is 1. The van der Waals surface area contributed by atoms with E-state index in [2.05, 4.69) is 14.7 Å². The van der Waals surface area contributed by atoms with E-state index in [1.54, 1.807) is 18.2 Å². The zero-order chi connectivity index (χ0) is 16.3. The number of guanidine groups is 1. The fourth-order valence-corrected chi connectivity index (χ4v) is 2.76. The molecule has 1 aromatic heterocycles. The lowest BCUT2D eigenvalue weighted by atomic mass is 10.1. The van der Waals surface area contributed by atoms with Gasteiger partial charge in [-0.1, -0.05) is 17.7 Å². The molecule has 0 aliphatic heterocycles. The minimum atomic E-state index is -1.70. The topological polar surface area (TPSA) is 144 Å². The number of hydrogen-bond donors (Lipinski definition) is 4. The molecule has 2 rings (SSSR count).